The summed E-state index contributed by atoms with van der Waals surface area (Å²) in [6.45, 7) is 4.12. The standard InChI is InChI=1S/C12H20N2O4/c1-8-4-6-14(10(7-8)12(17)18)11(16)3-5-13-9(2)15/h8,10H,3-7H2,1-2H3,(H,13,15)(H,17,18). The summed E-state index contributed by atoms with van der Waals surface area (Å²) in [4.78, 5) is 35.2. The Morgan fingerprint density at radius 1 is 1.39 bits per heavy atom. The molecule has 1 aliphatic heterocycles. The normalized spacial score (nSPS) is 23.6. The summed E-state index contributed by atoms with van der Waals surface area (Å²) in [6.07, 6.45) is 1.48. The predicted molar refractivity (Wildman–Crippen MR) is 64.8 cm³/mol. The Kier molecular flexibility index (Phi) is 5.12. The highest BCUT2D eigenvalue weighted by Crippen LogP contribution is 2.23. The molecule has 0 saturated carbocycles. The van der Waals surface area contributed by atoms with Gasteiger partial charge in [-0.1, -0.05) is 6.92 Å². The summed E-state index contributed by atoms with van der Waals surface area (Å²) in [5.74, 6) is -1.02. The maximum absolute atomic E-state index is 11.9. The highest BCUT2D eigenvalue weighted by Gasteiger charge is 2.34. The van der Waals surface area contributed by atoms with Gasteiger partial charge in [0.05, 0.1) is 0 Å². The van der Waals surface area contributed by atoms with Gasteiger partial charge in [0.15, 0.2) is 0 Å². The number of rotatable bonds is 4. The van der Waals surface area contributed by atoms with E-state index in [1.807, 2.05) is 6.92 Å². The molecular formula is C12H20N2O4. The molecule has 0 radical (unpaired) electrons. The third kappa shape index (κ3) is 4.01. The zero-order valence-electron chi connectivity index (χ0n) is 10.8. The molecule has 1 aliphatic rings. The first kappa shape index (κ1) is 14.5. The van der Waals surface area contributed by atoms with E-state index >= 15 is 0 Å². The smallest absolute Gasteiger partial charge is 0.326 e. The largest absolute Gasteiger partial charge is 0.480 e. The van der Waals surface area contributed by atoms with Crippen LogP contribution in [-0.2, 0) is 14.4 Å². The van der Waals surface area contributed by atoms with Crippen molar-refractivity contribution in [3.63, 3.8) is 0 Å². The Morgan fingerprint density at radius 3 is 2.61 bits per heavy atom. The van der Waals surface area contributed by atoms with E-state index in [-0.39, 0.29) is 24.8 Å². The fourth-order valence-corrected chi connectivity index (χ4v) is 2.16. The Hall–Kier alpha value is -1.59. The molecule has 0 bridgehead atoms. The molecule has 2 amide bonds. The fraction of sp³-hybridized carbons (Fsp3) is 0.750. The van der Waals surface area contributed by atoms with E-state index in [1.54, 1.807) is 0 Å². The lowest BCUT2D eigenvalue weighted by molar-refractivity contribution is -0.153. The lowest BCUT2D eigenvalue weighted by atomic mass is 9.92. The molecule has 1 rings (SSSR count). The fourth-order valence-electron chi connectivity index (χ4n) is 2.16. The number of likely N-dealkylation sites (tertiary alicyclic amines) is 1. The molecule has 2 atom stereocenters. The summed E-state index contributed by atoms with van der Waals surface area (Å²) in [7, 11) is 0. The minimum Gasteiger partial charge on any atom is -0.480 e. The lowest BCUT2D eigenvalue weighted by Crippen LogP contribution is -2.50. The Morgan fingerprint density at radius 2 is 2.06 bits per heavy atom. The number of aliphatic carboxylic acids is 1. The van der Waals surface area contributed by atoms with Gasteiger partial charge in [-0.05, 0) is 18.8 Å². The average molecular weight is 256 g/mol. The van der Waals surface area contributed by atoms with Crippen LogP contribution >= 0.6 is 0 Å². The van der Waals surface area contributed by atoms with Crippen molar-refractivity contribution in [2.24, 2.45) is 5.92 Å². The number of nitrogens with one attached hydrogen (secondary N) is 1. The molecule has 0 spiro atoms. The van der Waals surface area contributed by atoms with Crippen LogP contribution in [0.2, 0.25) is 0 Å². The first-order valence-corrected chi connectivity index (χ1v) is 6.18. The van der Waals surface area contributed by atoms with Crippen molar-refractivity contribution < 1.29 is 19.5 Å². The van der Waals surface area contributed by atoms with Gasteiger partial charge in [-0.15, -0.1) is 0 Å². The number of nitrogens with zero attached hydrogens (tertiary/aromatic N) is 1. The average Bonchev–Trinajstić information content (AvgIpc) is 2.28. The highest BCUT2D eigenvalue weighted by atomic mass is 16.4. The number of piperidine rings is 1. The van der Waals surface area contributed by atoms with Crippen LogP contribution in [-0.4, -0.2) is 46.9 Å². The second-order valence-corrected chi connectivity index (χ2v) is 4.80. The van der Waals surface area contributed by atoms with E-state index < -0.39 is 12.0 Å². The minimum atomic E-state index is -0.950. The van der Waals surface area contributed by atoms with Crippen LogP contribution in [0.25, 0.3) is 0 Å². The third-order valence-corrected chi connectivity index (χ3v) is 3.18. The van der Waals surface area contributed by atoms with Gasteiger partial charge in [0.1, 0.15) is 6.04 Å². The van der Waals surface area contributed by atoms with E-state index in [0.29, 0.717) is 18.9 Å². The molecule has 0 aromatic rings. The van der Waals surface area contributed by atoms with Gasteiger partial charge in [-0.2, -0.15) is 0 Å². The number of carbonyl (C=O) groups is 3. The van der Waals surface area contributed by atoms with E-state index in [2.05, 4.69) is 5.32 Å². The zero-order valence-corrected chi connectivity index (χ0v) is 10.8. The van der Waals surface area contributed by atoms with Crippen LogP contribution in [0, 0.1) is 5.92 Å². The van der Waals surface area contributed by atoms with Crippen molar-refractivity contribution >= 4 is 17.8 Å². The molecular weight excluding hydrogens is 236 g/mol. The van der Waals surface area contributed by atoms with Crippen LogP contribution < -0.4 is 5.32 Å². The molecule has 0 aromatic heterocycles. The number of carboxylic acids is 1. The van der Waals surface area contributed by atoms with Crippen molar-refractivity contribution in [2.45, 2.75) is 39.2 Å². The number of amides is 2. The van der Waals surface area contributed by atoms with Crippen LogP contribution in [0.3, 0.4) is 0 Å². The first-order chi connectivity index (χ1) is 8.41. The second kappa shape index (κ2) is 6.37. The van der Waals surface area contributed by atoms with E-state index in [1.165, 1.54) is 11.8 Å². The highest BCUT2D eigenvalue weighted by molar-refractivity contribution is 5.84. The molecule has 6 nitrogen and oxygen atoms in total. The van der Waals surface area contributed by atoms with Gasteiger partial charge in [0, 0.05) is 26.4 Å². The topological polar surface area (TPSA) is 86.7 Å². The molecule has 1 fully saturated rings. The van der Waals surface area contributed by atoms with Crippen LogP contribution in [0.15, 0.2) is 0 Å². The number of carboxylic acid groups (broad SMARTS) is 1. The van der Waals surface area contributed by atoms with Crippen LogP contribution in [0.4, 0.5) is 0 Å². The Balaban J connectivity index is 2.53. The maximum Gasteiger partial charge on any atom is 0.326 e. The SMILES string of the molecule is CC(=O)NCCC(=O)N1CCC(C)CC1C(=O)O. The van der Waals surface area contributed by atoms with Gasteiger partial charge >= 0.3 is 5.97 Å². The molecule has 0 aliphatic carbocycles. The monoisotopic (exact) mass is 256 g/mol. The molecule has 2 unspecified atom stereocenters. The zero-order chi connectivity index (χ0) is 13.7. The molecule has 0 aromatic carbocycles. The molecule has 1 heterocycles. The summed E-state index contributed by atoms with van der Waals surface area (Å²) < 4.78 is 0. The van der Waals surface area contributed by atoms with Crippen molar-refractivity contribution in [3.05, 3.63) is 0 Å². The van der Waals surface area contributed by atoms with Crippen molar-refractivity contribution in [1.82, 2.24) is 10.2 Å². The van der Waals surface area contributed by atoms with Gasteiger partial charge in [-0.3, -0.25) is 9.59 Å². The van der Waals surface area contributed by atoms with Crippen molar-refractivity contribution in [3.8, 4) is 0 Å². The molecule has 18 heavy (non-hydrogen) atoms. The first-order valence-electron chi connectivity index (χ1n) is 6.18. The van der Waals surface area contributed by atoms with Crippen LogP contribution in [0.5, 0.6) is 0 Å². The van der Waals surface area contributed by atoms with E-state index in [4.69, 9.17) is 5.11 Å². The summed E-state index contributed by atoms with van der Waals surface area (Å²) >= 11 is 0. The van der Waals surface area contributed by atoms with E-state index in [9.17, 15) is 14.4 Å². The molecule has 1 saturated heterocycles. The minimum absolute atomic E-state index is 0.151. The Labute approximate surface area is 106 Å². The van der Waals surface area contributed by atoms with Gasteiger partial charge < -0.3 is 15.3 Å². The molecule has 6 heteroatoms. The van der Waals surface area contributed by atoms with Crippen LogP contribution in [0.1, 0.15) is 33.1 Å². The summed E-state index contributed by atoms with van der Waals surface area (Å²) in [5, 5.41) is 11.7. The molecule has 102 valence electrons. The lowest BCUT2D eigenvalue weighted by Gasteiger charge is -2.36. The van der Waals surface area contributed by atoms with Gasteiger partial charge in [0.2, 0.25) is 11.8 Å². The van der Waals surface area contributed by atoms with Gasteiger partial charge in [-0.25, -0.2) is 4.79 Å². The third-order valence-electron chi connectivity index (χ3n) is 3.18. The predicted octanol–water partition coefficient (Wildman–Crippen LogP) is 0.224. The van der Waals surface area contributed by atoms with Crippen molar-refractivity contribution in [2.75, 3.05) is 13.1 Å². The second-order valence-electron chi connectivity index (χ2n) is 4.80. The molecule has 2 N–H and O–H groups in total. The van der Waals surface area contributed by atoms with Gasteiger partial charge in [0.25, 0.3) is 0 Å². The number of hydrogen-bond acceptors (Lipinski definition) is 3. The van der Waals surface area contributed by atoms with E-state index in [0.717, 1.165) is 6.42 Å². The summed E-state index contributed by atoms with van der Waals surface area (Å²) in [5.41, 5.74) is 0. The quantitative estimate of drug-likeness (QED) is 0.753. The maximum atomic E-state index is 11.9. The number of hydrogen-bond donors (Lipinski definition) is 2. The van der Waals surface area contributed by atoms with Crippen molar-refractivity contribution in [1.29, 1.82) is 0 Å². The summed E-state index contributed by atoms with van der Waals surface area (Å²) in [6, 6.07) is -0.724. The Bertz CT molecular complexity index is 343. The number of carbonyl (C=O) groups excluding carboxylic acids is 2.